The topological polar surface area (TPSA) is 129 Å². The van der Waals surface area contributed by atoms with E-state index in [4.69, 9.17) is 4.74 Å². The molecule has 0 radical (unpaired) electrons. The fraction of sp³-hybridized carbons (Fsp3) is 0.393. The van der Waals surface area contributed by atoms with Crippen LogP contribution in [0.5, 0.6) is 5.75 Å². The number of carbonyl (C=O) groups is 1. The number of thiol groups is 1. The van der Waals surface area contributed by atoms with Gasteiger partial charge in [-0.3, -0.25) is 9.10 Å². The van der Waals surface area contributed by atoms with Crippen LogP contribution in [0.3, 0.4) is 0 Å². The van der Waals surface area contributed by atoms with Crippen LogP contribution in [-0.2, 0) is 23.6 Å². The van der Waals surface area contributed by atoms with E-state index in [-0.39, 0.29) is 36.0 Å². The number of nitrogens with one attached hydrogen (secondary N) is 3. The van der Waals surface area contributed by atoms with Crippen LogP contribution >= 0.6 is 0 Å². The zero-order chi connectivity index (χ0) is 32.2. The molecule has 2 aromatic carbocycles. The standard InChI is InChI=1S/C28H33F4N7O4S/c1-16-5-6-18(23(11-16)39(3)44(41)42)13-33-25-19(28(30,31)32)14-34-27(37-25)36-22-8-7-17(12-24(22)43-4)26(40)35-21-9-10-38(2)15-20(21)29/h5-8,11-12,14,20-21,44H,9-10,13,15H2,1-4H3,(H,35,40)(H2,33,34,36,37)/t20-,21+/m0/s1. The SMILES string of the molecule is COc1cc(C(=O)N[C@@H]2CCN(C)C[C@@H]2F)ccc1Nc1ncc(C(F)(F)F)c(NCc2ccc(C)cc2N(C)[SH](=O)=O)n1. The van der Waals surface area contributed by atoms with Gasteiger partial charge >= 0.3 is 6.18 Å². The minimum atomic E-state index is -4.79. The summed E-state index contributed by atoms with van der Waals surface area (Å²) in [6.45, 7) is 2.45. The molecular weight excluding hydrogens is 606 g/mol. The third-order valence-corrected chi connectivity index (χ3v) is 7.85. The van der Waals surface area contributed by atoms with Gasteiger partial charge < -0.3 is 25.6 Å². The highest BCUT2D eigenvalue weighted by Gasteiger charge is 2.35. The Hall–Kier alpha value is -4.18. The van der Waals surface area contributed by atoms with Gasteiger partial charge in [-0.1, -0.05) is 12.1 Å². The molecule has 3 aromatic rings. The fourth-order valence-corrected chi connectivity index (χ4v) is 5.06. The Morgan fingerprint density at radius 3 is 2.61 bits per heavy atom. The van der Waals surface area contributed by atoms with Gasteiger partial charge in [0.2, 0.25) is 16.8 Å². The maximum absolute atomic E-state index is 14.4. The highest BCUT2D eigenvalue weighted by Crippen LogP contribution is 2.35. The van der Waals surface area contributed by atoms with Crippen molar-refractivity contribution < 1.29 is 35.5 Å². The van der Waals surface area contributed by atoms with E-state index < -0.39 is 46.6 Å². The van der Waals surface area contributed by atoms with Crippen LogP contribution in [0, 0.1) is 6.92 Å². The van der Waals surface area contributed by atoms with Crippen LogP contribution in [0.2, 0.25) is 0 Å². The van der Waals surface area contributed by atoms with Crippen molar-refractivity contribution in [1.82, 2.24) is 20.2 Å². The molecule has 1 aliphatic heterocycles. The summed E-state index contributed by atoms with van der Waals surface area (Å²) in [5.74, 6) is -1.06. The highest BCUT2D eigenvalue weighted by molar-refractivity contribution is 7.74. The second-order valence-electron chi connectivity index (χ2n) is 10.4. The number of hydrogen-bond donors (Lipinski definition) is 4. The first-order valence-corrected chi connectivity index (χ1v) is 14.6. The first-order valence-electron chi connectivity index (χ1n) is 13.5. The zero-order valence-electron chi connectivity index (χ0n) is 24.4. The minimum absolute atomic E-state index is 0.174. The van der Waals surface area contributed by atoms with Crippen molar-refractivity contribution >= 4 is 39.9 Å². The Kier molecular flexibility index (Phi) is 10.1. The number of anilines is 4. The summed E-state index contributed by atoms with van der Waals surface area (Å²) in [6.07, 6.45) is -4.92. The fourth-order valence-electron chi connectivity index (χ4n) is 4.70. The Bertz CT molecular complexity index is 1580. The minimum Gasteiger partial charge on any atom is -0.495 e. The first-order chi connectivity index (χ1) is 20.8. The lowest BCUT2D eigenvalue weighted by Crippen LogP contribution is -2.51. The third-order valence-electron chi connectivity index (χ3n) is 7.15. The first kappa shape index (κ1) is 32.7. The van der Waals surface area contributed by atoms with E-state index in [0.717, 1.165) is 9.87 Å². The van der Waals surface area contributed by atoms with Gasteiger partial charge in [-0.25, -0.2) is 17.8 Å². The summed E-state index contributed by atoms with van der Waals surface area (Å²) >= 11 is 0. The van der Waals surface area contributed by atoms with Gasteiger partial charge in [-0.05, 0) is 55.8 Å². The number of aromatic nitrogens is 2. The lowest BCUT2D eigenvalue weighted by atomic mass is 10.0. The van der Waals surface area contributed by atoms with Crippen molar-refractivity contribution in [1.29, 1.82) is 0 Å². The average Bonchev–Trinajstić information content (AvgIpc) is 2.97. The van der Waals surface area contributed by atoms with Crippen LogP contribution < -0.4 is 25.0 Å². The molecule has 0 bridgehead atoms. The average molecular weight is 640 g/mol. The molecule has 2 heterocycles. The van der Waals surface area contributed by atoms with Gasteiger partial charge in [0.1, 0.15) is 23.3 Å². The molecule has 3 N–H and O–H groups in total. The molecule has 1 aromatic heterocycles. The van der Waals surface area contributed by atoms with Gasteiger partial charge in [-0.15, -0.1) is 0 Å². The van der Waals surface area contributed by atoms with Crippen LogP contribution in [-0.4, -0.2) is 75.7 Å². The van der Waals surface area contributed by atoms with E-state index in [1.165, 1.54) is 32.4 Å². The highest BCUT2D eigenvalue weighted by atomic mass is 32.2. The molecule has 16 heteroatoms. The molecule has 0 saturated carbocycles. The number of halogens is 4. The summed E-state index contributed by atoms with van der Waals surface area (Å²) in [5, 5.41) is 8.18. The predicted molar refractivity (Wildman–Crippen MR) is 159 cm³/mol. The van der Waals surface area contributed by atoms with Crippen LogP contribution in [0.1, 0.15) is 33.5 Å². The van der Waals surface area contributed by atoms with Crippen molar-refractivity contribution in [2.75, 3.05) is 49.2 Å². The maximum Gasteiger partial charge on any atom is 0.421 e. The zero-order valence-corrected chi connectivity index (χ0v) is 25.3. The van der Waals surface area contributed by atoms with E-state index >= 15 is 0 Å². The van der Waals surface area contributed by atoms with E-state index in [1.807, 2.05) is 4.90 Å². The Morgan fingerprint density at radius 1 is 1.20 bits per heavy atom. The summed E-state index contributed by atoms with van der Waals surface area (Å²) in [6, 6.07) is 8.66. The Labute approximate surface area is 253 Å². The van der Waals surface area contributed by atoms with E-state index in [0.29, 0.717) is 30.4 Å². The number of carbonyl (C=O) groups excluding carboxylic acids is 1. The van der Waals surface area contributed by atoms with E-state index in [9.17, 15) is 30.8 Å². The lowest BCUT2D eigenvalue weighted by Gasteiger charge is -2.32. The predicted octanol–water partition coefficient (Wildman–Crippen LogP) is 3.90. The molecule has 0 unspecified atom stereocenters. The number of ether oxygens (including phenoxy) is 1. The Balaban J connectivity index is 1.56. The lowest BCUT2D eigenvalue weighted by molar-refractivity contribution is -0.137. The number of aryl methyl sites for hydroxylation is 1. The molecule has 0 spiro atoms. The third kappa shape index (κ3) is 7.85. The largest absolute Gasteiger partial charge is 0.495 e. The summed E-state index contributed by atoms with van der Waals surface area (Å²) in [5.41, 5.74) is 0.837. The molecule has 1 fully saturated rings. The van der Waals surface area contributed by atoms with Crippen LogP contribution in [0.25, 0.3) is 0 Å². The van der Waals surface area contributed by atoms with Crippen molar-refractivity contribution in [3.63, 3.8) is 0 Å². The summed E-state index contributed by atoms with van der Waals surface area (Å²) in [7, 11) is 1.52. The second kappa shape index (κ2) is 13.6. The summed E-state index contributed by atoms with van der Waals surface area (Å²) in [4.78, 5) is 22.5. The maximum atomic E-state index is 14.4. The summed E-state index contributed by atoms with van der Waals surface area (Å²) < 4.78 is 85.5. The smallest absolute Gasteiger partial charge is 0.421 e. The quantitative estimate of drug-likeness (QED) is 0.193. The van der Waals surface area contributed by atoms with E-state index in [2.05, 4.69) is 25.9 Å². The number of methoxy groups -OCH3 is 1. The molecule has 238 valence electrons. The van der Waals surface area contributed by atoms with Crippen molar-refractivity contribution in [2.45, 2.75) is 38.3 Å². The molecule has 1 amide bonds. The molecule has 0 aliphatic carbocycles. The van der Waals surface area contributed by atoms with Crippen molar-refractivity contribution in [3.05, 3.63) is 64.8 Å². The van der Waals surface area contributed by atoms with Crippen LogP contribution in [0.4, 0.5) is 40.7 Å². The van der Waals surface area contributed by atoms with Crippen LogP contribution in [0.15, 0.2) is 42.6 Å². The van der Waals surface area contributed by atoms with Gasteiger partial charge in [0, 0.05) is 38.4 Å². The van der Waals surface area contributed by atoms with Crippen molar-refractivity contribution in [2.24, 2.45) is 0 Å². The van der Waals surface area contributed by atoms with Gasteiger partial charge in [0.25, 0.3) is 5.91 Å². The van der Waals surface area contributed by atoms with Gasteiger partial charge in [-0.2, -0.15) is 18.2 Å². The van der Waals surface area contributed by atoms with Gasteiger partial charge in [0.05, 0.1) is 24.5 Å². The molecule has 11 nitrogen and oxygen atoms in total. The number of rotatable bonds is 10. The molecule has 4 rings (SSSR count). The number of likely N-dealkylation sites (tertiary alicyclic amines) is 1. The Morgan fingerprint density at radius 2 is 1.95 bits per heavy atom. The number of benzene rings is 2. The monoisotopic (exact) mass is 639 g/mol. The molecule has 1 saturated heterocycles. The van der Waals surface area contributed by atoms with Crippen molar-refractivity contribution in [3.8, 4) is 5.75 Å². The second-order valence-corrected chi connectivity index (χ2v) is 11.5. The number of alkyl halides is 4. The number of hydrogen-bond acceptors (Lipinski definition) is 9. The number of piperidine rings is 1. The molecular formula is C28H33F4N7O4S. The number of amides is 1. The number of nitrogens with zero attached hydrogens (tertiary/aromatic N) is 4. The van der Waals surface area contributed by atoms with Gasteiger partial charge in [0.15, 0.2) is 0 Å². The molecule has 2 atom stereocenters. The van der Waals surface area contributed by atoms with E-state index in [1.54, 1.807) is 32.2 Å². The normalized spacial score (nSPS) is 17.3. The molecule has 1 aliphatic rings. The molecule has 44 heavy (non-hydrogen) atoms.